The molecule has 0 bridgehead atoms. The second-order valence-electron chi connectivity index (χ2n) is 8.31. The summed E-state index contributed by atoms with van der Waals surface area (Å²) in [5, 5.41) is 8.98. The number of hydrogen-bond donors (Lipinski definition) is 0. The van der Waals surface area contributed by atoms with Crippen molar-refractivity contribution in [3.05, 3.63) is 30.1 Å². The van der Waals surface area contributed by atoms with Crippen molar-refractivity contribution in [3.8, 4) is 11.4 Å². The highest BCUT2D eigenvalue weighted by Crippen LogP contribution is 2.30. The number of aromatic nitrogens is 3. The molecule has 2 heterocycles. The highest BCUT2D eigenvalue weighted by molar-refractivity contribution is 7.99. The molecule has 1 aliphatic heterocycles. The first-order chi connectivity index (χ1) is 14.8. The van der Waals surface area contributed by atoms with Gasteiger partial charge in [-0.3, -0.25) is 4.79 Å². The number of hydrogen-bond acceptors (Lipinski definition) is 6. The SMILES string of the molecule is Cn1c(SCC(=O)N(C2CCCCC2)[C@H]2CCS(=O)(=O)C2)nnc1-c1ccc(F)cc1. The van der Waals surface area contributed by atoms with E-state index in [9.17, 15) is 17.6 Å². The predicted molar refractivity (Wildman–Crippen MR) is 118 cm³/mol. The lowest BCUT2D eigenvalue weighted by atomic mass is 9.93. The van der Waals surface area contributed by atoms with Crippen LogP contribution in [0.5, 0.6) is 0 Å². The molecule has 31 heavy (non-hydrogen) atoms. The van der Waals surface area contributed by atoms with E-state index in [0.29, 0.717) is 17.4 Å². The normalized spacial score (nSPS) is 21.3. The van der Waals surface area contributed by atoms with Crippen LogP contribution in [0, 0.1) is 5.82 Å². The summed E-state index contributed by atoms with van der Waals surface area (Å²) in [6.07, 6.45) is 5.71. The summed E-state index contributed by atoms with van der Waals surface area (Å²) in [7, 11) is -1.26. The predicted octanol–water partition coefficient (Wildman–Crippen LogP) is 3.06. The van der Waals surface area contributed by atoms with Crippen LogP contribution in [-0.2, 0) is 21.7 Å². The van der Waals surface area contributed by atoms with Crippen molar-refractivity contribution in [2.24, 2.45) is 7.05 Å². The molecule has 1 aromatic carbocycles. The van der Waals surface area contributed by atoms with Gasteiger partial charge in [-0.25, -0.2) is 12.8 Å². The Balaban J connectivity index is 1.47. The van der Waals surface area contributed by atoms with E-state index < -0.39 is 9.84 Å². The lowest BCUT2D eigenvalue weighted by molar-refractivity contribution is -0.133. The van der Waals surface area contributed by atoms with Crippen molar-refractivity contribution < 1.29 is 17.6 Å². The third-order valence-electron chi connectivity index (χ3n) is 6.12. The van der Waals surface area contributed by atoms with Gasteiger partial charge in [0.1, 0.15) is 5.82 Å². The maximum Gasteiger partial charge on any atom is 0.233 e. The highest BCUT2D eigenvalue weighted by atomic mass is 32.2. The average Bonchev–Trinajstić information content (AvgIpc) is 3.30. The fourth-order valence-electron chi connectivity index (χ4n) is 4.55. The van der Waals surface area contributed by atoms with E-state index in [2.05, 4.69) is 10.2 Å². The molecular weight excluding hydrogens is 439 g/mol. The number of nitrogens with zero attached hydrogens (tertiary/aromatic N) is 4. The second kappa shape index (κ2) is 9.28. The molecule has 1 atom stereocenters. The highest BCUT2D eigenvalue weighted by Gasteiger charge is 2.38. The molecule has 168 valence electrons. The van der Waals surface area contributed by atoms with Gasteiger partial charge in [-0.05, 0) is 43.5 Å². The van der Waals surface area contributed by atoms with Gasteiger partial charge in [0.2, 0.25) is 5.91 Å². The van der Waals surface area contributed by atoms with Crippen molar-refractivity contribution in [2.75, 3.05) is 17.3 Å². The second-order valence-corrected chi connectivity index (χ2v) is 11.5. The summed E-state index contributed by atoms with van der Waals surface area (Å²) in [5.74, 6) is 0.654. The lowest BCUT2D eigenvalue weighted by Crippen LogP contribution is -2.49. The summed E-state index contributed by atoms with van der Waals surface area (Å²) in [4.78, 5) is 15.1. The minimum Gasteiger partial charge on any atom is -0.335 e. The Morgan fingerprint density at radius 3 is 2.48 bits per heavy atom. The third-order valence-corrected chi connectivity index (χ3v) is 8.88. The summed E-state index contributed by atoms with van der Waals surface area (Å²) in [6, 6.07) is 5.93. The Morgan fingerprint density at radius 1 is 1.13 bits per heavy atom. The number of carbonyl (C=O) groups excluding carboxylic acids is 1. The van der Waals surface area contributed by atoms with Crippen LogP contribution in [0.3, 0.4) is 0 Å². The van der Waals surface area contributed by atoms with E-state index >= 15 is 0 Å². The number of halogens is 1. The molecule has 0 N–H and O–H groups in total. The Labute approximate surface area is 186 Å². The summed E-state index contributed by atoms with van der Waals surface area (Å²) >= 11 is 1.30. The molecule has 1 amide bonds. The molecule has 1 aromatic heterocycles. The van der Waals surface area contributed by atoms with E-state index in [1.165, 1.54) is 30.3 Å². The van der Waals surface area contributed by atoms with Gasteiger partial charge in [-0.2, -0.15) is 0 Å². The van der Waals surface area contributed by atoms with Crippen molar-refractivity contribution >= 4 is 27.5 Å². The Morgan fingerprint density at radius 2 is 1.84 bits per heavy atom. The summed E-state index contributed by atoms with van der Waals surface area (Å²) in [5.41, 5.74) is 0.745. The van der Waals surface area contributed by atoms with Crippen LogP contribution in [0.2, 0.25) is 0 Å². The van der Waals surface area contributed by atoms with Crippen molar-refractivity contribution in [3.63, 3.8) is 0 Å². The zero-order valence-corrected chi connectivity index (χ0v) is 19.2. The van der Waals surface area contributed by atoms with Crippen molar-refractivity contribution in [2.45, 2.75) is 55.8 Å². The summed E-state index contributed by atoms with van der Waals surface area (Å²) < 4.78 is 39.1. The van der Waals surface area contributed by atoms with Crippen LogP contribution in [0.1, 0.15) is 38.5 Å². The molecule has 2 aliphatic rings. The smallest absolute Gasteiger partial charge is 0.233 e. The van der Waals surface area contributed by atoms with Crippen LogP contribution in [0.4, 0.5) is 4.39 Å². The minimum absolute atomic E-state index is 0.0367. The zero-order valence-electron chi connectivity index (χ0n) is 17.5. The quantitative estimate of drug-likeness (QED) is 0.609. The Kier molecular flexibility index (Phi) is 6.66. The molecule has 1 aliphatic carbocycles. The molecule has 0 unspecified atom stereocenters. The maximum atomic E-state index is 13.3. The van der Waals surface area contributed by atoms with Gasteiger partial charge < -0.3 is 9.47 Å². The summed E-state index contributed by atoms with van der Waals surface area (Å²) in [6.45, 7) is 0. The average molecular weight is 467 g/mol. The first-order valence-electron chi connectivity index (χ1n) is 10.6. The van der Waals surface area contributed by atoms with Crippen LogP contribution < -0.4 is 0 Å². The Bertz CT molecular complexity index is 1030. The molecule has 0 radical (unpaired) electrons. The molecule has 0 spiro atoms. The van der Waals surface area contributed by atoms with Crippen molar-refractivity contribution in [1.82, 2.24) is 19.7 Å². The van der Waals surface area contributed by atoms with Crippen LogP contribution in [0.15, 0.2) is 29.4 Å². The number of carbonyl (C=O) groups is 1. The molecule has 1 saturated carbocycles. The molecule has 2 aromatic rings. The van der Waals surface area contributed by atoms with Gasteiger partial charge in [-0.15, -0.1) is 10.2 Å². The fourth-order valence-corrected chi connectivity index (χ4v) is 7.04. The molecule has 10 heteroatoms. The van der Waals surface area contributed by atoms with Gasteiger partial charge in [0, 0.05) is 24.7 Å². The zero-order chi connectivity index (χ0) is 22.0. The van der Waals surface area contributed by atoms with E-state index in [1.807, 2.05) is 11.9 Å². The largest absolute Gasteiger partial charge is 0.335 e. The van der Waals surface area contributed by atoms with Crippen LogP contribution in [-0.4, -0.2) is 63.3 Å². The van der Waals surface area contributed by atoms with Gasteiger partial charge in [0.25, 0.3) is 0 Å². The monoisotopic (exact) mass is 466 g/mol. The Hall–Kier alpha value is -1.94. The fraction of sp³-hybridized carbons (Fsp3) is 0.571. The van der Waals surface area contributed by atoms with Gasteiger partial charge in [0.15, 0.2) is 20.8 Å². The van der Waals surface area contributed by atoms with E-state index in [0.717, 1.165) is 31.2 Å². The molecule has 4 rings (SSSR count). The van der Waals surface area contributed by atoms with E-state index in [4.69, 9.17) is 0 Å². The molecule has 1 saturated heterocycles. The lowest BCUT2D eigenvalue weighted by Gasteiger charge is -2.38. The number of thioether (sulfide) groups is 1. The van der Waals surface area contributed by atoms with Gasteiger partial charge in [-0.1, -0.05) is 31.0 Å². The molecular formula is C21H27FN4O3S2. The number of sulfone groups is 1. The number of amides is 1. The molecule has 7 nitrogen and oxygen atoms in total. The maximum absolute atomic E-state index is 13.3. The standard InChI is InChI=1S/C21H27FN4O3S2/c1-25-20(15-7-9-16(22)10-8-15)23-24-21(25)30-13-19(27)26(17-5-3-2-4-6-17)18-11-12-31(28,29)14-18/h7-10,17-18H,2-6,11-14H2,1H3/t18-/m0/s1. The van der Waals surface area contributed by atoms with E-state index in [1.54, 1.807) is 16.7 Å². The van der Waals surface area contributed by atoms with Gasteiger partial charge in [0.05, 0.1) is 17.3 Å². The first-order valence-corrected chi connectivity index (χ1v) is 13.4. The number of benzene rings is 1. The minimum atomic E-state index is -3.07. The molecule has 2 fully saturated rings. The number of rotatable bonds is 6. The first kappa shape index (κ1) is 22.3. The van der Waals surface area contributed by atoms with Crippen LogP contribution in [0.25, 0.3) is 11.4 Å². The van der Waals surface area contributed by atoms with Crippen LogP contribution >= 0.6 is 11.8 Å². The van der Waals surface area contributed by atoms with Crippen molar-refractivity contribution in [1.29, 1.82) is 0 Å². The third kappa shape index (κ3) is 5.11. The van der Waals surface area contributed by atoms with Gasteiger partial charge >= 0.3 is 0 Å². The topological polar surface area (TPSA) is 85.2 Å². The van der Waals surface area contributed by atoms with E-state index in [-0.39, 0.29) is 41.1 Å².